The van der Waals surface area contributed by atoms with Crippen LogP contribution >= 0.6 is 0 Å². The fourth-order valence-corrected chi connectivity index (χ4v) is 2.94. The minimum atomic E-state index is -3.30. The molecule has 4 heteroatoms. The number of benzene rings is 1. The molecule has 1 aromatic rings. The highest BCUT2D eigenvalue weighted by Crippen LogP contribution is 2.29. The van der Waals surface area contributed by atoms with Gasteiger partial charge in [0.2, 0.25) is 0 Å². The first-order valence-corrected chi connectivity index (χ1v) is 6.46. The van der Waals surface area contributed by atoms with Crippen LogP contribution in [0.25, 0.3) is 5.70 Å². The molecule has 2 rings (SSSR count). The molecule has 1 aliphatic heterocycles. The predicted octanol–water partition coefficient (Wildman–Crippen LogP) is 2.12. The van der Waals surface area contributed by atoms with Gasteiger partial charge in [0, 0.05) is 5.56 Å². The highest BCUT2D eigenvalue weighted by Gasteiger charge is 2.28. The zero-order valence-corrected chi connectivity index (χ0v) is 9.34. The van der Waals surface area contributed by atoms with E-state index in [4.69, 9.17) is 0 Å². The van der Waals surface area contributed by atoms with Crippen molar-refractivity contribution in [2.75, 3.05) is 0 Å². The zero-order chi connectivity index (χ0) is 10.9. The zero-order valence-electron chi connectivity index (χ0n) is 8.53. The van der Waals surface area contributed by atoms with E-state index in [1.54, 1.807) is 12.1 Å². The Bertz CT molecular complexity index is 503. The van der Waals surface area contributed by atoms with Gasteiger partial charge in [0.05, 0.1) is 10.6 Å². The van der Waals surface area contributed by atoms with Crippen molar-refractivity contribution in [3.63, 3.8) is 0 Å². The lowest BCUT2D eigenvalue weighted by Gasteiger charge is -1.97. The van der Waals surface area contributed by atoms with Crippen LogP contribution in [0.4, 0.5) is 0 Å². The molecule has 1 aromatic carbocycles. The third-order valence-electron chi connectivity index (χ3n) is 2.35. The van der Waals surface area contributed by atoms with Crippen LogP contribution in [-0.2, 0) is 10.0 Å². The quantitative estimate of drug-likeness (QED) is 0.834. The second-order valence-corrected chi connectivity index (χ2v) is 5.16. The summed E-state index contributed by atoms with van der Waals surface area (Å²) in [5.74, 6) is 0. The van der Waals surface area contributed by atoms with Crippen molar-refractivity contribution in [1.29, 1.82) is 0 Å². The Hall–Kier alpha value is -1.29. The Morgan fingerprint density at radius 2 is 2.07 bits per heavy atom. The maximum Gasteiger partial charge on any atom is 0.262 e. The van der Waals surface area contributed by atoms with Crippen LogP contribution < -0.4 is 4.72 Å². The monoisotopic (exact) mass is 223 g/mol. The summed E-state index contributed by atoms with van der Waals surface area (Å²) in [7, 11) is -3.30. The van der Waals surface area contributed by atoms with Crippen molar-refractivity contribution in [3.05, 3.63) is 35.9 Å². The van der Waals surface area contributed by atoms with Crippen LogP contribution in [0.3, 0.4) is 0 Å². The first-order chi connectivity index (χ1) is 7.15. The van der Waals surface area contributed by atoms with E-state index in [0.717, 1.165) is 18.4 Å². The van der Waals surface area contributed by atoms with Gasteiger partial charge in [-0.2, -0.15) is 0 Å². The fourth-order valence-electron chi connectivity index (χ4n) is 1.62. The highest BCUT2D eigenvalue weighted by molar-refractivity contribution is 7.90. The lowest BCUT2D eigenvalue weighted by molar-refractivity contribution is 0.594. The number of sulfonamides is 1. The Morgan fingerprint density at radius 3 is 2.80 bits per heavy atom. The van der Waals surface area contributed by atoms with Crippen molar-refractivity contribution in [2.45, 2.75) is 24.7 Å². The van der Waals surface area contributed by atoms with Crippen molar-refractivity contribution in [1.82, 2.24) is 4.72 Å². The normalized spacial score (nSPS) is 19.9. The van der Waals surface area contributed by atoms with Gasteiger partial charge in [0.25, 0.3) is 10.0 Å². The van der Waals surface area contributed by atoms with Gasteiger partial charge in [-0.05, 0) is 12.5 Å². The molecule has 0 fully saturated rings. The third-order valence-corrected chi connectivity index (χ3v) is 3.77. The van der Waals surface area contributed by atoms with Crippen LogP contribution in [-0.4, -0.2) is 8.42 Å². The molecular weight excluding hydrogens is 210 g/mol. The summed E-state index contributed by atoms with van der Waals surface area (Å²) in [6, 6.07) is 7.04. The Balaban J connectivity index is 2.52. The average molecular weight is 223 g/mol. The van der Waals surface area contributed by atoms with E-state index in [0.29, 0.717) is 10.6 Å². The maximum absolute atomic E-state index is 11.7. The standard InChI is InChI=1S/C11H13NO2S/c1-2-3-7-10-9-6-4-5-8-11(9)15(13,14)12-10/h4-8,12H,2-3H2,1H3. The van der Waals surface area contributed by atoms with Crippen molar-refractivity contribution in [2.24, 2.45) is 0 Å². The molecule has 15 heavy (non-hydrogen) atoms. The molecule has 0 saturated heterocycles. The topological polar surface area (TPSA) is 46.2 Å². The van der Waals surface area contributed by atoms with Crippen molar-refractivity contribution >= 4 is 15.7 Å². The average Bonchev–Trinajstić information content (AvgIpc) is 2.49. The summed E-state index contributed by atoms with van der Waals surface area (Å²) in [6.07, 6.45) is 3.82. The van der Waals surface area contributed by atoms with Gasteiger partial charge < -0.3 is 0 Å². The summed E-state index contributed by atoms with van der Waals surface area (Å²) in [5, 5.41) is 0. The number of rotatable bonds is 2. The second kappa shape index (κ2) is 3.70. The van der Waals surface area contributed by atoms with Crippen molar-refractivity contribution in [3.8, 4) is 0 Å². The van der Waals surface area contributed by atoms with E-state index in [1.165, 1.54) is 0 Å². The van der Waals surface area contributed by atoms with Crippen LogP contribution in [0.15, 0.2) is 35.2 Å². The van der Waals surface area contributed by atoms with Gasteiger partial charge in [0.1, 0.15) is 0 Å². The lowest BCUT2D eigenvalue weighted by Crippen LogP contribution is -2.13. The maximum atomic E-state index is 11.7. The van der Waals surface area contributed by atoms with Gasteiger partial charge >= 0.3 is 0 Å². The van der Waals surface area contributed by atoms with E-state index in [1.807, 2.05) is 18.2 Å². The number of unbranched alkanes of at least 4 members (excludes halogenated alkanes) is 1. The molecule has 1 N–H and O–H groups in total. The number of hydrogen-bond acceptors (Lipinski definition) is 2. The molecule has 0 amide bonds. The number of allylic oxidation sites excluding steroid dienone is 1. The molecule has 3 nitrogen and oxygen atoms in total. The van der Waals surface area contributed by atoms with Crippen molar-refractivity contribution < 1.29 is 8.42 Å². The lowest BCUT2D eigenvalue weighted by atomic mass is 10.1. The van der Waals surface area contributed by atoms with E-state index < -0.39 is 10.0 Å². The first kappa shape index (κ1) is 10.2. The summed E-state index contributed by atoms with van der Waals surface area (Å²) < 4.78 is 25.9. The largest absolute Gasteiger partial charge is 0.279 e. The van der Waals surface area contributed by atoms with E-state index in [-0.39, 0.29) is 0 Å². The molecular formula is C11H13NO2S. The van der Waals surface area contributed by atoms with E-state index >= 15 is 0 Å². The van der Waals surface area contributed by atoms with Gasteiger partial charge in [-0.25, -0.2) is 8.42 Å². The van der Waals surface area contributed by atoms with Crippen LogP contribution in [0.2, 0.25) is 0 Å². The summed E-state index contributed by atoms with van der Waals surface area (Å²) >= 11 is 0. The molecule has 0 radical (unpaired) electrons. The van der Waals surface area contributed by atoms with Crippen LogP contribution in [0, 0.1) is 0 Å². The van der Waals surface area contributed by atoms with Gasteiger partial charge in [-0.15, -0.1) is 0 Å². The van der Waals surface area contributed by atoms with Crippen LogP contribution in [0.1, 0.15) is 25.3 Å². The highest BCUT2D eigenvalue weighted by atomic mass is 32.2. The molecule has 0 spiro atoms. The minimum absolute atomic E-state index is 0.382. The van der Waals surface area contributed by atoms with Gasteiger partial charge in [0.15, 0.2) is 0 Å². The number of hydrogen-bond donors (Lipinski definition) is 1. The first-order valence-electron chi connectivity index (χ1n) is 4.97. The molecule has 80 valence electrons. The van der Waals surface area contributed by atoms with Crippen LogP contribution in [0.5, 0.6) is 0 Å². The molecule has 0 bridgehead atoms. The van der Waals surface area contributed by atoms with E-state index in [2.05, 4.69) is 11.6 Å². The second-order valence-electron chi connectivity index (χ2n) is 3.51. The fraction of sp³-hybridized carbons (Fsp3) is 0.273. The molecule has 1 aliphatic rings. The number of nitrogens with one attached hydrogen (secondary N) is 1. The predicted molar refractivity (Wildman–Crippen MR) is 59.6 cm³/mol. The smallest absolute Gasteiger partial charge is 0.262 e. The molecule has 0 unspecified atom stereocenters. The molecule has 0 atom stereocenters. The summed E-state index contributed by atoms with van der Waals surface area (Å²) in [4.78, 5) is 0.382. The SMILES string of the molecule is CCCC=C1NS(=O)(=O)c2ccccc21. The Kier molecular flexibility index (Phi) is 2.52. The number of fused-ring (bicyclic) bond motifs is 1. The van der Waals surface area contributed by atoms with Gasteiger partial charge in [-0.3, -0.25) is 4.72 Å². The summed E-state index contributed by atoms with van der Waals surface area (Å²) in [6.45, 7) is 2.06. The summed E-state index contributed by atoms with van der Waals surface area (Å²) in [5.41, 5.74) is 1.50. The molecule has 0 saturated carbocycles. The van der Waals surface area contributed by atoms with Gasteiger partial charge in [-0.1, -0.05) is 37.6 Å². The Labute approximate surface area is 89.9 Å². The molecule has 0 aromatic heterocycles. The molecule has 1 heterocycles. The van der Waals surface area contributed by atoms with E-state index in [9.17, 15) is 8.42 Å². The molecule has 0 aliphatic carbocycles. The minimum Gasteiger partial charge on any atom is -0.279 e. The third kappa shape index (κ3) is 1.77. The Morgan fingerprint density at radius 1 is 1.33 bits per heavy atom.